The molecule has 1 heterocycles. The molecule has 2 aliphatic rings. The Morgan fingerprint density at radius 3 is 2.69 bits per heavy atom. The average molecular weight is 360 g/mol. The SMILES string of the molecule is COc1ccccc1C(CNC(=O)C[C@@H]1CCC[C@H]1N)N1CCCCC1. The molecule has 1 unspecified atom stereocenters. The second-order valence-electron chi connectivity index (χ2n) is 7.72. The zero-order valence-corrected chi connectivity index (χ0v) is 16.0. The smallest absolute Gasteiger partial charge is 0.220 e. The van der Waals surface area contributed by atoms with E-state index in [0.717, 1.165) is 43.7 Å². The normalized spacial score (nSPS) is 25.0. The minimum absolute atomic E-state index is 0.129. The minimum atomic E-state index is 0.129. The molecule has 0 radical (unpaired) electrons. The minimum Gasteiger partial charge on any atom is -0.496 e. The van der Waals surface area contributed by atoms with Crippen molar-refractivity contribution in [3.63, 3.8) is 0 Å². The second-order valence-corrected chi connectivity index (χ2v) is 7.72. The van der Waals surface area contributed by atoms with E-state index in [0.29, 0.717) is 18.9 Å². The highest BCUT2D eigenvalue weighted by molar-refractivity contribution is 5.76. The molecular formula is C21H33N3O2. The molecule has 5 heteroatoms. The first-order valence-corrected chi connectivity index (χ1v) is 10.1. The molecule has 0 bridgehead atoms. The lowest BCUT2D eigenvalue weighted by Gasteiger charge is -2.35. The molecule has 1 aliphatic heterocycles. The zero-order valence-electron chi connectivity index (χ0n) is 16.0. The van der Waals surface area contributed by atoms with Crippen LogP contribution in [-0.4, -0.2) is 43.6 Å². The topological polar surface area (TPSA) is 67.6 Å². The van der Waals surface area contributed by atoms with Gasteiger partial charge in [-0.15, -0.1) is 0 Å². The molecule has 1 aliphatic carbocycles. The van der Waals surface area contributed by atoms with Crippen LogP contribution in [0.15, 0.2) is 24.3 Å². The summed E-state index contributed by atoms with van der Waals surface area (Å²) in [4.78, 5) is 15.0. The third-order valence-electron chi connectivity index (χ3n) is 5.99. The van der Waals surface area contributed by atoms with Gasteiger partial charge >= 0.3 is 0 Å². The van der Waals surface area contributed by atoms with E-state index >= 15 is 0 Å². The summed E-state index contributed by atoms with van der Waals surface area (Å²) in [6.07, 6.45) is 7.57. The zero-order chi connectivity index (χ0) is 18.4. The number of piperidine rings is 1. The lowest BCUT2D eigenvalue weighted by Crippen LogP contribution is -2.41. The molecule has 3 N–H and O–H groups in total. The van der Waals surface area contributed by atoms with Gasteiger partial charge < -0.3 is 15.8 Å². The van der Waals surface area contributed by atoms with Crippen LogP contribution in [0, 0.1) is 5.92 Å². The maximum Gasteiger partial charge on any atom is 0.220 e. The second kappa shape index (κ2) is 9.38. The Hall–Kier alpha value is -1.59. The van der Waals surface area contributed by atoms with Gasteiger partial charge in [-0.1, -0.05) is 31.0 Å². The lowest BCUT2D eigenvalue weighted by molar-refractivity contribution is -0.122. The van der Waals surface area contributed by atoms with Gasteiger partial charge in [0.15, 0.2) is 0 Å². The van der Waals surface area contributed by atoms with Gasteiger partial charge in [0.2, 0.25) is 5.91 Å². The van der Waals surface area contributed by atoms with Crippen molar-refractivity contribution in [1.29, 1.82) is 0 Å². The predicted molar refractivity (Wildman–Crippen MR) is 104 cm³/mol. The number of likely N-dealkylation sites (tertiary alicyclic amines) is 1. The number of hydrogen-bond donors (Lipinski definition) is 2. The van der Waals surface area contributed by atoms with Gasteiger partial charge in [-0.05, 0) is 50.8 Å². The van der Waals surface area contributed by atoms with Crippen LogP contribution in [0.3, 0.4) is 0 Å². The fraction of sp³-hybridized carbons (Fsp3) is 0.667. The summed E-state index contributed by atoms with van der Waals surface area (Å²) >= 11 is 0. The van der Waals surface area contributed by atoms with Gasteiger partial charge in [0.1, 0.15) is 5.75 Å². The number of rotatable bonds is 7. The molecular weight excluding hydrogens is 326 g/mol. The number of para-hydroxylation sites is 1. The van der Waals surface area contributed by atoms with Crippen molar-refractivity contribution in [1.82, 2.24) is 10.2 Å². The van der Waals surface area contributed by atoms with Crippen LogP contribution in [0.2, 0.25) is 0 Å². The van der Waals surface area contributed by atoms with Crippen molar-refractivity contribution in [2.24, 2.45) is 11.7 Å². The number of nitrogens with zero attached hydrogens (tertiary/aromatic N) is 1. The Morgan fingerprint density at radius 2 is 2.00 bits per heavy atom. The Bertz CT molecular complexity index is 586. The molecule has 1 saturated carbocycles. The molecule has 144 valence electrons. The highest BCUT2D eigenvalue weighted by Crippen LogP contribution is 2.31. The fourth-order valence-electron chi connectivity index (χ4n) is 4.45. The Kier molecular flexibility index (Phi) is 6.92. The maximum atomic E-state index is 12.5. The molecule has 2 fully saturated rings. The van der Waals surface area contributed by atoms with E-state index in [1.165, 1.54) is 19.3 Å². The quantitative estimate of drug-likeness (QED) is 0.785. The highest BCUT2D eigenvalue weighted by Gasteiger charge is 2.28. The summed E-state index contributed by atoms with van der Waals surface area (Å²) in [7, 11) is 1.71. The van der Waals surface area contributed by atoms with Crippen LogP contribution in [0.4, 0.5) is 0 Å². The van der Waals surface area contributed by atoms with E-state index in [1.54, 1.807) is 7.11 Å². The van der Waals surface area contributed by atoms with Gasteiger partial charge in [0, 0.05) is 24.6 Å². The van der Waals surface area contributed by atoms with E-state index in [1.807, 2.05) is 18.2 Å². The molecule has 0 spiro atoms. The number of benzene rings is 1. The van der Waals surface area contributed by atoms with E-state index < -0.39 is 0 Å². The molecule has 5 nitrogen and oxygen atoms in total. The fourth-order valence-corrected chi connectivity index (χ4v) is 4.45. The van der Waals surface area contributed by atoms with Crippen LogP contribution >= 0.6 is 0 Å². The van der Waals surface area contributed by atoms with Crippen LogP contribution in [0.25, 0.3) is 0 Å². The van der Waals surface area contributed by atoms with Gasteiger partial charge in [-0.25, -0.2) is 0 Å². The summed E-state index contributed by atoms with van der Waals surface area (Å²) < 4.78 is 5.59. The molecule has 1 saturated heterocycles. The Labute approximate surface area is 157 Å². The number of methoxy groups -OCH3 is 1. The van der Waals surface area contributed by atoms with Crippen molar-refractivity contribution in [3.8, 4) is 5.75 Å². The maximum absolute atomic E-state index is 12.5. The van der Waals surface area contributed by atoms with Gasteiger partial charge in [-0.2, -0.15) is 0 Å². The van der Waals surface area contributed by atoms with Gasteiger partial charge in [0.05, 0.1) is 13.2 Å². The molecule has 1 aromatic carbocycles. The molecule has 3 atom stereocenters. The van der Waals surface area contributed by atoms with Crippen molar-refractivity contribution in [2.75, 3.05) is 26.7 Å². The van der Waals surface area contributed by atoms with Crippen LogP contribution < -0.4 is 15.8 Å². The van der Waals surface area contributed by atoms with Crippen molar-refractivity contribution < 1.29 is 9.53 Å². The Balaban J connectivity index is 1.66. The standard InChI is InChI=1S/C21H33N3O2/c1-26-20-11-4-3-9-17(20)19(24-12-5-2-6-13-24)15-23-21(25)14-16-8-7-10-18(16)22/h3-4,9,11,16,18-19H,2,5-8,10,12-15,22H2,1H3,(H,23,25)/t16-,18+,19?/m0/s1. The predicted octanol–water partition coefficient (Wildman–Crippen LogP) is 2.86. The summed E-state index contributed by atoms with van der Waals surface area (Å²) in [5.74, 6) is 1.37. The first-order chi connectivity index (χ1) is 12.7. The average Bonchev–Trinajstić information content (AvgIpc) is 3.07. The van der Waals surface area contributed by atoms with Crippen molar-refractivity contribution in [2.45, 2.75) is 57.0 Å². The van der Waals surface area contributed by atoms with Gasteiger partial charge in [0.25, 0.3) is 0 Å². The largest absolute Gasteiger partial charge is 0.496 e. The first-order valence-electron chi connectivity index (χ1n) is 10.1. The molecule has 1 aromatic rings. The van der Waals surface area contributed by atoms with E-state index in [4.69, 9.17) is 10.5 Å². The molecule has 0 aromatic heterocycles. The number of carbonyl (C=O) groups excluding carboxylic acids is 1. The number of carbonyl (C=O) groups is 1. The van der Waals surface area contributed by atoms with E-state index in [2.05, 4.69) is 16.3 Å². The van der Waals surface area contributed by atoms with Crippen LogP contribution in [-0.2, 0) is 4.79 Å². The van der Waals surface area contributed by atoms with Crippen molar-refractivity contribution in [3.05, 3.63) is 29.8 Å². The summed E-state index contributed by atoms with van der Waals surface area (Å²) in [5.41, 5.74) is 7.29. The van der Waals surface area contributed by atoms with Gasteiger partial charge in [-0.3, -0.25) is 9.69 Å². The first kappa shape index (κ1) is 19.2. The number of nitrogens with one attached hydrogen (secondary N) is 1. The number of ether oxygens (including phenoxy) is 1. The summed E-state index contributed by atoms with van der Waals surface area (Å²) in [6, 6.07) is 8.52. The van der Waals surface area contributed by atoms with Crippen LogP contribution in [0.5, 0.6) is 5.75 Å². The lowest BCUT2D eigenvalue weighted by atomic mass is 9.98. The Morgan fingerprint density at radius 1 is 1.23 bits per heavy atom. The van der Waals surface area contributed by atoms with E-state index in [-0.39, 0.29) is 18.0 Å². The highest BCUT2D eigenvalue weighted by atomic mass is 16.5. The molecule has 26 heavy (non-hydrogen) atoms. The summed E-state index contributed by atoms with van der Waals surface area (Å²) in [5, 5.41) is 3.19. The number of nitrogens with two attached hydrogens (primary N) is 1. The third-order valence-corrected chi connectivity index (χ3v) is 5.99. The third kappa shape index (κ3) is 4.77. The number of amides is 1. The molecule has 1 amide bonds. The monoisotopic (exact) mass is 359 g/mol. The van der Waals surface area contributed by atoms with Crippen molar-refractivity contribution >= 4 is 5.91 Å². The van der Waals surface area contributed by atoms with Crippen LogP contribution in [0.1, 0.15) is 56.6 Å². The molecule has 3 rings (SSSR count). The van der Waals surface area contributed by atoms with E-state index in [9.17, 15) is 4.79 Å². The summed E-state index contributed by atoms with van der Waals surface area (Å²) in [6.45, 7) is 2.78. The number of hydrogen-bond acceptors (Lipinski definition) is 4.